The van der Waals surface area contributed by atoms with Gasteiger partial charge in [-0.05, 0) is 36.8 Å². The molecule has 1 aromatic heterocycles. The van der Waals surface area contributed by atoms with Gasteiger partial charge in [0.25, 0.3) is 0 Å². The second-order valence-corrected chi connectivity index (χ2v) is 5.84. The van der Waals surface area contributed by atoms with Gasteiger partial charge in [0, 0.05) is 4.47 Å². The van der Waals surface area contributed by atoms with Crippen molar-refractivity contribution in [2.24, 2.45) is 0 Å². The van der Waals surface area contributed by atoms with E-state index in [0.29, 0.717) is 17.0 Å². The molecule has 0 spiro atoms. The van der Waals surface area contributed by atoms with Crippen molar-refractivity contribution in [1.29, 1.82) is 0 Å². The molecule has 0 fully saturated rings. The molecule has 0 N–H and O–H groups in total. The molecular weight excluding hydrogens is 362 g/mol. The van der Waals surface area contributed by atoms with Crippen LogP contribution >= 0.6 is 27.5 Å². The van der Waals surface area contributed by atoms with Gasteiger partial charge in [-0.25, -0.2) is 13.8 Å². The molecule has 3 rings (SSSR count). The molecule has 0 saturated carbocycles. The minimum atomic E-state index is -0.921. The maximum Gasteiger partial charge on any atom is 0.185 e. The molecule has 1 heterocycles. The van der Waals surface area contributed by atoms with E-state index in [0.717, 1.165) is 16.1 Å². The number of aromatic nitrogens is 2. The van der Waals surface area contributed by atoms with Crippen molar-refractivity contribution >= 4 is 38.6 Å². The molecule has 0 aliphatic heterocycles. The van der Waals surface area contributed by atoms with Gasteiger partial charge in [-0.3, -0.25) is 4.57 Å². The van der Waals surface area contributed by atoms with Crippen LogP contribution in [-0.2, 0) is 5.88 Å². The molecule has 0 aliphatic carbocycles. The summed E-state index contributed by atoms with van der Waals surface area (Å²) in [6, 6.07) is 8.13. The summed E-state index contributed by atoms with van der Waals surface area (Å²) in [5, 5.41) is 0. The second kappa shape index (κ2) is 5.39. The number of hydrogen-bond donors (Lipinski definition) is 0. The van der Waals surface area contributed by atoms with Crippen molar-refractivity contribution in [3.8, 4) is 5.69 Å². The topological polar surface area (TPSA) is 17.8 Å². The van der Waals surface area contributed by atoms with Crippen molar-refractivity contribution in [3.05, 3.63) is 57.8 Å². The largest absolute Gasteiger partial charge is 0.292 e. The number of imidazole rings is 1. The maximum absolute atomic E-state index is 14.2. The van der Waals surface area contributed by atoms with E-state index in [1.807, 2.05) is 25.1 Å². The van der Waals surface area contributed by atoms with Crippen LogP contribution in [0.25, 0.3) is 16.7 Å². The lowest BCUT2D eigenvalue weighted by atomic mass is 10.2. The molecule has 2 nitrogen and oxygen atoms in total. The molecule has 0 bridgehead atoms. The Morgan fingerprint density at radius 1 is 1.24 bits per heavy atom. The summed E-state index contributed by atoms with van der Waals surface area (Å²) in [5.74, 6) is -1.26. The summed E-state index contributed by atoms with van der Waals surface area (Å²) in [6.07, 6.45) is 0. The molecule has 3 aromatic rings. The van der Waals surface area contributed by atoms with Gasteiger partial charge in [-0.1, -0.05) is 22.0 Å². The molecule has 108 valence electrons. The Kier molecular flexibility index (Phi) is 3.71. The van der Waals surface area contributed by atoms with Crippen LogP contribution in [0.2, 0.25) is 0 Å². The number of fused-ring (bicyclic) bond motifs is 1. The monoisotopic (exact) mass is 370 g/mol. The van der Waals surface area contributed by atoms with E-state index in [4.69, 9.17) is 11.6 Å². The lowest BCUT2D eigenvalue weighted by Crippen LogP contribution is -2.03. The van der Waals surface area contributed by atoms with Gasteiger partial charge < -0.3 is 0 Å². The number of rotatable bonds is 2. The Morgan fingerprint density at radius 3 is 2.71 bits per heavy atom. The summed E-state index contributed by atoms with van der Waals surface area (Å²) >= 11 is 9.32. The highest BCUT2D eigenvalue weighted by molar-refractivity contribution is 9.10. The number of aryl methyl sites for hydroxylation is 1. The maximum atomic E-state index is 14.2. The van der Waals surface area contributed by atoms with Crippen LogP contribution < -0.4 is 0 Å². The van der Waals surface area contributed by atoms with E-state index >= 15 is 0 Å². The molecule has 0 saturated heterocycles. The highest BCUT2D eigenvalue weighted by Crippen LogP contribution is 2.29. The first-order valence-electron chi connectivity index (χ1n) is 6.20. The van der Waals surface area contributed by atoms with Crippen molar-refractivity contribution in [2.45, 2.75) is 12.8 Å². The fourth-order valence-corrected chi connectivity index (χ4v) is 2.85. The summed E-state index contributed by atoms with van der Waals surface area (Å²) in [5.41, 5.74) is 2.11. The molecule has 2 aromatic carbocycles. The zero-order valence-corrected chi connectivity index (χ0v) is 13.3. The zero-order valence-electron chi connectivity index (χ0n) is 11.0. The number of alkyl halides is 1. The van der Waals surface area contributed by atoms with Crippen molar-refractivity contribution in [2.75, 3.05) is 0 Å². The Bertz CT molecular complexity index is 845. The smallest absolute Gasteiger partial charge is 0.185 e. The van der Waals surface area contributed by atoms with Crippen LogP contribution in [0.1, 0.15) is 11.4 Å². The van der Waals surface area contributed by atoms with E-state index in [2.05, 4.69) is 20.9 Å². The lowest BCUT2D eigenvalue weighted by molar-refractivity contribution is 0.514. The highest BCUT2D eigenvalue weighted by atomic mass is 79.9. The quantitative estimate of drug-likeness (QED) is 0.572. The molecule has 0 amide bonds. The van der Waals surface area contributed by atoms with Gasteiger partial charge in [0.2, 0.25) is 0 Å². The average molecular weight is 372 g/mol. The predicted molar refractivity (Wildman–Crippen MR) is 83.0 cm³/mol. The number of benzene rings is 2. The first-order chi connectivity index (χ1) is 10.0. The van der Waals surface area contributed by atoms with E-state index in [1.54, 1.807) is 4.57 Å². The Balaban J connectivity index is 2.45. The van der Waals surface area contributed by atoms with Crippen LogP contribution in [0.15, 0.2) is 34.8 Å². The van der Waals surface area contributed by atoms with Crippen molar-refractivity contribution in [1.82, 2.24) is 9.55 Å². The van der Waals surface area contributed by atoms with Gasteiger partial charge in [-0.2, -0.15) is 0 Å². The van der Waals surface area contributed by atoms with Gasteiger partial charge in [0.1, 0.15) is 11.3 Å². The Hall–Kier alpha value is -1.46. The van der Waals surface area contributed by atoms with Gasteiger partial charge in [0.15, 0.2) is 11.6 Å². The summed E-state index contributed by atoms with van der Waals surface area (Å²) in [4.78, 5) is 4.29. The average Bonchev–Trinajstić information content (AvgIpc) is 2.84. The first-order valence-corrected chi connectivity index (χ1v) is 7.53. The van der Waals surface area contributed by atoms with Crippen LogP contribution in [0.4, 0.5) is 8.78 Å². The lowest BCUT2D eigenvalue weighted by Gasteiger charge is -2.12. The third-order valence-corrected chi connectivity index (χ3v) is 4.04. The SMILES string of the molecule is Cc1ccc(Br)cc1-n1c(CCl)nc2ccc(F)c(F)c21. The minimum Gasteiger partial charge on any atom is -0.292 e. The van der Waals surface area contributed by atoms with Crippen LogP contribution in [0.3, 0.4) is 0 Å². The second-order valence-electron chi connectivity index (χ2n) is 4.66. The van der Waals surface area contributed by atoms with E-state index in [1.165, 1.54) is 6.07 Å². The molecule has 0 aliphatic rings. The third-order valence-electron chi connectivity index (χ3n) is 3.31. The fourth-order valence-electron chi connectivity index (χ4n) is 2.32. The van der Waals surface area contributed by atoms with Crippen LogP contribution in [-0.4, -0.2) is 9.55 Å². The molecule has 0 atom stereocenters. The van der Waals surface area contributed by atoms with Crippen LogP contribution in [0, 0.1) is 18.6 Å². The third kappa shape index (κ3) is 2.34. The Labute approximate surface area is 133 Å². The van der Waals surface area contributed by atoms with Crippen LogP contribution in [0.5, 0.6) is 0 Å². The summed E-state index contributed by atoms with van der Waals surface area (Å²) < 4.78 is 30.2. The molecule has 21 heavy (non-hydrogen) atoms. The molecule has 0 unspecified atom stereocenters. The molecular formula is C15H10BrClF2N2. The zero-order chi connectivity index (χ0) is 15.1. The standard InChI is InChI=1S/C15H10BrClF2N2/c1-8-2-3-9(16)6-12(8)21-13(7-17)20-11-5-4-10(18)14(19)15(11)21/h2-6H,7H2,1H3. The Morgan fingerprint density at radius 2 is 2.00 bits per heavy atom. The van der Waals surface area contributed by atoms with Gasteiger partial charge in [0.05, 0.1) is 17.1 Å². The number of nitrogens with zero attached hydrogens (tertiary/aromatic N) is 2. The number of hydrogen-bond acceptors (Lipinski definition) is 1. The normalized spacial score (nSPS) is 11.3. The molecule has 0 radical (unpaired) electrons. The van der Waals surface area contributed by atoms with Crippen molar-refractivity contribution < 1.29 is 8.78 Å². The fraction of sp³-hybridized carbons (Fsp3) is 0.133. The van der Waals surface area contributed by atoms with E-state index in [9.17, 15) is 8.78 Å². The predicted octanol–water partition coefficient (Wildman–Crippen LogP) is 5.11. The highest BCUT2D eigenvalue weighted by Gasteiger charge is 2.19. The van der Waals surface area contributed by atoms with Gasteiger partial charge in [-0.15, -0.1) is 11.6 Å². The van der Waals surface area contributed by atoms with E-state index < -0.39 is 11.6 Å². The first kappa shape index (κ1) is 14.5. The minimum absolute atomic E-state index is 0.0989. The molecule has 6 heteroatoms. The summed E-state index contributed by atoms with van der Waals surface area (Å²) in [6.45, 7) is 1.89. The van der Waals surface area contributed by atoms with Crippen molar-refractivity contribution in [3.63, 3.8) is 0 Å². The van der Waals surface area contributed by atoms with Gasteiger partial charge >= 0.3 is 0 Å². The van der Waals surface area contributed by atoms with E-state index in [-0.39, 0.29) is 11.4 Å². The number of halogens is 4. The summed E-state index contributed by atoms with van der Waals surface area (Å²) in [7, 11) is 0.